The summed E-state index contributed by atoms with van der Waals surface area (Å²) in [4.78, 5) is 102. The zero-order valence-electron chi connectivity index (χ0n) is 60.1. The van der Waals surface area contributed by atoms with Crippen molar-refractivity contribution in [2.24, 2.45) is 5.73 Å². The van der Waals surface area contributed by atoms with E-state index in [1.54, 1.807) is 176 Å². The van der Waals surface area contributed by atoms with Gasteiger partial charge in [-0.3, -0.25) is 42.9 Å². The first-order valence-corrected chi connectivity index (χ1v) is 36.8. The number of carboxylic acids is 1. The Kier molecular flexibility index (Phi) is 27.6. The van der Waals surface area contributed by atoms with Crippen molar-refractivity contribution >= 4 is 149 Å². The maximum Gasteiger partial charge on any atom is 0.325 e. The second-order valence-electron chi connectivity index (χ2n) is 26.0. The SMILES string of the molecule is CC(=O)c1nn(CC(=O)N(CC(=O)Nc2cccc(-c3ccccc3Cl)c2F)C2CC2)c2ccc(Nc3cncnc3)cc12.CC(=O)c1nn(CC(=O)O)c2ccc(Nc3cncnc3)cc12.NC1CC1.O=C(CCl)Nc1cccc(-c2ccccc2Cl)c1F.O=C(CNC1CC1)Nc1cccc(-c2ccccc2Cl)c1F. The van der Waals surface area contributed by atoms with Crippen LogP contribution in [0, 0.1) is 17.5 Å². The number of nitrogens with zero attached hydrogens (tertiary/aromatic N) is 9. The van der Waals surface area contributed by atoms with Crippen molar-refractivity contribution < 1.29 is 51.8 Å². The highest BCUT2D eigenvalue weighted by Gasteiger charge is 2.35. The third kappa shape index (κ3) is 22.0. The third-order valence-electron chi connectivity index (χ3n) is 17.2. The van der Waals surface area contributed by atoms with Crippen LogP contribution >= 0.6 is 46.4 Å². The Morgan fingerprint density at radius 1 is 0.491 bits per heavy atom. The average molecular weight is 1600 g/mol. The van der Waals surface area contributed by atoms with Gasteiger partial charge in [0, 0.05) is 103 Å². The molecule has 3 aliphatic carbocycles. The number of hydrogen-bond donors (Lipinski definition) is 8. The van der Waals surface area contributed by atoms with E-state index in [-0.39, 0.29) is 95.5 Å². The van der Waals surface area contributed by atoms with E-state index in [2.05, 4.69) is 62.0 Å². The molecule has 4 amide bonds. The Morgan fingerprint density at radius 2 is 0.875 bits per heavy atom. The number of amides is 4. The molecule has 0 atom stereocenters. The predicted molar refractivity (Wildman–Crippen MR) is 428 cm³/mol. The zero-order valence-corrected chi connectivity index (χ0v) is 63.1. The summed E-state index contributed by atoms with van der Waals surface area (Å²) in [6, 6.07) is 46.7. The minimum Gasteiger partial charge on any atom is -0.480 e. The molecule has 3 saturated carbocycles. The predicted octanol–water partition coefficient (Wildman–Crippen LogP) is 16.0. The third-order valence-corrected chi connectivity index (χ3v) is 18.5. The van der Waals surface area contributed by atoms with Crippen LogP contribution in [0.1, 0.15) is 73.3 Å². The van der Waals surface area contributed by atoms with E-state index in [0.29, 0.717) is 93.8 Å². The number of ketones is 2. The van der Waals surface area contributed by atoms with Gasteiger partial charge in [-0.15, -0.1) is 11.6 Å². The number of anilines is 7. The highest BCUT2D eigenvalue weighted by Crippen LogP contribution is 2.37. The molecular formula is C81H73Cl4F3N16O8. The van der Waals surface area contributed by atoms with E-state index in [0.717, 1.165) is 31.4 Å². The molecule has 12 aromatic rings. The van der Waals surface area contributed by atoms with E-state index in [9.17, 15) is 42.3 Å². The standard InChI is InChI=1S/C32H27ClFN7O3.C17H16ClFN2O.C15H13N5O3.C14H10Cl2FNO.C3H7N/c1-19(42)32-25-13-20(37-21-14-35-18-36-15-21)9-12-28(25)41(39-32)17-30(44)40(22-10-11-22)16-29(43)38-27-8-4-6-24(31(27)34)23-5-2-3-7-26(23)33;18-14-6-2-1-4-12(14)13-5-3-7-15(17(13)19)21-16(22)10-20-11-8-9-11;1-9(21)15-12-4-10(18-11-5-16-8-17-6-11)2-3-13(12)20(19-15)7-14(22)23;15-8-13(19)18-12-7-3-5-10(14(12)17)9-4-1-2-6-11(9)16;4-3-1-2-3/h2-9,12-15,18,22,37H,10-11,16-17H2,1H3,(H,38,43);1-7,11,20H,8-10H2,(H,21,22);2-6,8,18H,7H2,1H3,(H,22,23);1-7H,8H2,(H,18,19);3H,1-2,4H2. The number of carbonyl (C=O) groups excluding carboxylic acids is 6. The number of Topliss-reactive ketones (excluding diaryl/α,β-unsaturated/α-hetero) is 2. The van der Waals surface area contributed by atoms with Crippen LogP contribution in [0.3, 0.4) is 0 Å². The molecule has 0 spiro atoms. The fourth-order valence-electron chi connectivity index (χ4n) is 11.4. The monoisotopic (exact) mass is 1590 g/mol. The molecule has 8 aromatic carbocycles. The molecule has 0 radical (unpaired) electrons. The number of aromatic nitrogens is 8. The highest BCUT2D eigenvalue weighted by molar-refractivity contribution is 6.34. The van der Waals surface area contributed by atoms with Gasteiger partial charge in [-0.25, -0.2) is 33.1 Å². The molecule has 3 aliphatic rings. The van der Waals surface area contributed by atoms with Crippen molar-refractivity contribution in [1.29, 1.82) is 0 Å². The van der Waals surface area contributed by atoms with Gasteiger partial charge in [-0.1, -0.05) is 126 Å². The van der Waals surface area contributed by atoms with Crippen molar-refractivity contribution in [2.45, 2.75) is 83.6 Å². The van der Waals surface area contributed by atoms with Crippen molar-refractivity contribution in [3.63, 3.8) is 0 Å². The molecule has 4 aromatic heterocycles. The van der Waals surface area contributed by atoms with Crippen LogP contribution in [-0.2, 0) is 37.1 Å². The minimum atomic E-state index is -1.02. The first-order chi connectivity index (χ1) is 54.0. The number of fused-ring (bicyclic) bond motifs is 2. The summed E-state index contributed by atoms with van der Waals surface area (Å²) in [5, 5.41) is 37.0. The molecule has 0 unspecified atom stereocenters. The van der Waals surface area contributed by atoms with Crippen LogP contribution in [0.5, 0.6) is 0 Å². The number of nitrogens with one attached hydrogen (secondary N) is 6. The average Bonchev–Trinajstić information content (AvgIpc) is 1.51. The van der Waals surface area contributed by atoms with Crippen LogP contribution in [0.4, 0.5) is 53.0 Å². The molecule has 3 fully saturated rings. The largest absolute Gasteiger partial charge is 0.480 e. The van der Waals surface area contributed by atoms with Gasteiger partial charge in [0.25, 0.3) is 0 Å². The van der Waals surface area contributed by atoms with Crippen molar-refractivity contribution in [3.05, 3.63) is 245 Å². The summed E-state index contributed by atoms with van der Waals surface area (Å²) in [6.45, 7) is 2.27. The van der Waals surface area contributed by atoms with Crippen molar-refractivity contribution in [1.82, 2.24) is 49.7 Å². The number of carboxylic acid groups (broad SMARTS) is 1. The van der Waals surface area contributed by atoms with E-state index in [1.165, 1.54) is 65.7 Å². The van der Waals surface area contributed by atoms with Crippen LogP contribution in [0.25, 0.3) is 55.2 Å². The first-order valence-electron chi connectivity index (χ1n) is 35.1. The number of aliphatic carboxylic acids is 1. The van der Waals surface area contributed by atoms with E-state index in [4.69, 9.17) is 57.2 Å². The summed E-state index contributed by atoms with van der Waals surface area (Å²) in [7, 11) is 0. The van der Waals surface area contributed by atoms with E-state index < -0.39 is 35.2 Å². The topological polar surface area (TPSA) is 328 Å². The molecule has 4 heterocycles. The summed E-state index contributed by atoms with van der Waals surface area (Å²) >= 11 is 23.8. The molecule has 31 heteroatoms. The lowest BCUT2D eigenvalue weighted by atomic mass is 10.0. The van der Waals surface area contributed by atoms with Gasteiger partial charge in [-0.05, 0) is 111 Å². The normalized spacial score (nSPS) is 12.6. The maximum absolute atomic E-state index is 15.4. The Balaban J connectivity index is 0.000000155. The molecule has 112 heavy (non-hydrogen) atoms. The number of halogens is 7. The Hall–Kier alpha value is -12.0. The lowest BCUT2D eigenvalue weighted by Crippen LogP contribution is -2.41. The first kappa shape index (κ1) is 81.0. The van der Waals surface area contributed by atoms with Crippen LogP contribution < -0.4 is 37.6 Å². The zero-order chi connectivity index (χ0) is 79.5. The van der Waals surface area contributed by atoms with Gasteiger partial charge < -0.3 is 47.6 Å². The summed E-state index contributed by atoms with van der Waals surface area (Å²) in [6.07, 6.45) is 15.6. The van der Waals surface area contributed by atoms with Gasteiger partial charge in [0.1, 0.15) is 49.6 Å². The Labute approximate surface area is 660 Å². The van der Waals surface area contributed by atoms with Gasteiger partial charge in [0.2, 0.25) is 23.6 Å². The summed E-state index contributed by atoms with van der Waals surface area (Å²) in [5.41, 5.74) is 12.6. The molecule has 24 nitrogen and oxygen atoms in total. The van der Waals surface area contributed by atoms with Gasteiger partial charge in [-0.2, -0.15) is 10.2 Å². The summed E-state index contributed by atoms with van der Waals surface area (Å²) in [5.74, 6) is -4.93. The minimum absolute atomic E-state index is 0.00809. The molecular weight excluding hydrogens is 1520 g/mol. The number of carbonyl (C=O) groups is 7. The quantitative estimate of drug-likeness (QED) is 0.0218. The van der Waals surface area contributed by atoms with Gasteiger partial charge in [0.15, 0.2) is 29.0 Å². The number of alkyl halides is 1. The molecule has 0 saturated heterocycles. The van der Waals surface area contributed by atoms with Crippen molar-refractivity contribution in [3.8, 4) is 33.4 Å². The molecule has 574 valence electrons. The van der Waals surface area contributed by atoms with Crippen molar-refractivity contribution in [2.75, 3.05) is 45.6 Å². The smallest absolute Gasteiger partial charge is 0.325 e. The number of hydrogen-bond acceptors (Lipinski definition) is 17. The van der Waals surface area contributed by atoms with Crippen LogP contribution in [0.2, 0.25) is 15.1 Å². The second-order valence-corrected chi connectivity index (χ2v) is 27.4. The second kappa shape index (κ2) is 38.1. The number of rotatable bonds is 23. The van der Waals surface area contributed by atoms with Crippen LogP contribution in [0.15, 0.2) is 201 Å². The number of nitrogens with two attached hydrogens (primary N) is 1. The van der Waals surface area contributed by atoms with Gasteiger partial charge in [0.05, 0.1) is 70.8 Å². The Morgan fingerprint density at radius 3 is 1.24 bits per heavy atom. The maximum atomic E-state index is 15.4. The fourth-order valence-corrected chi connectivity index (χ4v) is 12.2. The molecule has 9 N–H and O–H groups in total. The van der Waals surface area contributed by atoms with E-state index in [1.807, 2.05) is 0 Å². The Bertz CT molecular complexity index is 5440. The fraction of sp³-hybridized carbons (Fsp3) is 0.198. The molecule has 0 aliphatic heterocycles. The number of benzene rings is 8. The lowest BCUT2D eigenvalue weighted by molar-refractivity contribution is -0.138. The molecule has 0 bridgehead atoms. The summed E-state index contributed by atoms with van der Waals surface area (Å²) < 4.78 is 47.1. The van der Waals surface area contributed by atoms with E-state index >= 15 is 4.39 Å². The van der Waals surface area contributed by atoms with Crippen LogP contribution in [-0.4, -0.2) is 128 Å². The highest BCUT2D eigenvalue weighted by atomic mass is 35.5. The lowest BCUT2D eigenvalue weighted by Gasteiger charge is -2.22. The van der Waals surface area contributed by atoms with Gasteiger partial charge >= 0.3 is 5.97 Å². The molecule has 15 rings (SSSR count).